The van der Waals surface area contributed by atoms with Crippen molar-refractivity contribution >= 4 is 10.2 Å². The van der Waals surface area contributed by atoms with Crippen molar-refractivity contribution in [3.8, 4) is 0 Å². The molecule has 0 aromatic carbocycles. The molecule has 0 aromatic heterocycles. The molecule has 1 atom stereocenters. The van der Waals surface area contributed by atoms with Gasteiger partial charge in [0.05, 0.1) is 0 Å². The van der Waals surface area contributed by atoms with Gasteiger partial charge >= 0.3 is 0 Å². The molecular weight excluding hydrogens is 274 g/mol. The standard InChI is InChI=1S/C14H31N3O2S/c1-12(2)14(3,4)11-16-20(18,19)17-8-6-7-13(10-17)9-15-5/h12-13,15-16H,6-11H2,1-5H3. The second-order valence-corrected chi connectivity index (χ2v) is 8.65. The minimum atomic E-state index is -3.35. The number of hydrogen-bond donors (Lipinski definition) is 2. The topological polar surface area (TPSA) is 61.4 Å². The van der Waals surface area contributed by atoms with Crippen molar-refractivity contribution in [3.05, 3.63) is 0 Å². The Labute approximate surface area is 124 Å². The lowest BCUT2D eigenvalue weighted by Crippen LogP contribution is -2.49. The van der Waals surface area contributed by atoms with Crippen molar-refractivity contribution < 1.29 is 8.42 Å². The van der Waals surface area contributed by atoms with E-state index in [1.54, 1.807) is 4.31 Å². The molecule has 0 aromatic rings. The summed E-state index contributed by atoms with van der Waals surface area (Å²) in [5.41, 5.74) is -0.0345. The molecule has 1 aliphatic heterocycles. The SMILES string of the molecule is CNCC1CCCN(S(=O)(=O)NCC(C)(C)C(C)C)C1. The molecule has 2 N–H and O–H groups in total. The summed E-state index contributed by atoms with van der Waals surface area (Å²) in [6.07, 6.45) is 2.05. The van der Waals surface area contributed by atoms with Crippen LogP contribution in [0.5, 0.6) is 0 Å². The average Bonchev–Trinajstić information content (AvgIpc) is 2.37. The van der Waals surface area contributed by atoms with E-state index in [9.17, 15) is 8.42 Å². The smallest absolute Gasteiger partial charge is 0.279 e. The quantitative estimate of drug-likeness (QED) is 0.748. The molecule has 0 spiro atoms. The van der Waals surface area contributed by atoms with Crippen LogP contribution in [-0.2, 0) is 10.2 Å². The maximum absolute atomic E-state index is 12.4. The highest BCUT2D eigenvalue weighted by Crippen LogP contribution is 2.25. The first-order valence-electron chi connectivity index (χ1n) is 7.58. The van der Waals surface area contributed by atoms with Crippen molar-refractivity contribution in [2.24, 2.45) is 17.3 Å². The van der Waals surface area contributed by atoms with Crippen LogP contribution in [0.3, 0.4) is 0 Å². The van der Waals surface area contributed by atoms with E-state index in [0.717, 1.165) is 19.4 Å². The molecule has 1 aliphatic rings. The van der Waals surface area contributed by atoms with Crippen LogP contribution in [0.25, 0.3) is 0 Å². The van der Waals surface area contributed by atoms with Gasteiger partial charge in [0.1, 0.15) is 0 Å². The van der Waals surface area contributed by atoms with Gasteiger partial charge < -0.3 is 5.32 Å². The molecule has 0 bridgehead atoms. The molecule has 1 unspecified atom stereocenters. The predicted molar refractivity (Wildman–Crippen MR) is 83.8 cm³/mol. The Balaban J connectivity index is 2.60. The first-order chi connectivity index (χ1) is 9.19. The Kier molecular flexibility index (Phi) is 6.44. The van der Waals surface area contributed by atoms with E-state index < -0.39 is 10.2 Å². The van der Waals surface area contributed by atoms with E-state index in [1.165, 1.54) is 0 Å². The van der Waals surface area contributed by atoms with Gasteiger partial charge in [0.25, 0.3) is 10.2 Å². The minimum absolute atomic E-state index is 0.0345. The normalized spacial score (nSPS) is 22.4. The highest BCUT2D eigenvalue weighted by atomic mass is 32.2. The van der Waals surface area contributed by atoms with E-state index in [4.69, 9.17) is 0 Å². The summed E-state index contributed by atoms with van der Waals surface area (Å²) >= 11 is 0. The van der Waals surface area contributed by atoms with E-state index in [2.05, 4.69) is 37.7 Å². The molecule has 1 rings (SSSR count). The van der Waals surface area contributed by atoms with Crippen molar-refractivity contribution in [2.45, 2.75) is 40.5 Å². The van der Waals surface area contributed by atoms with Gasteiger partial charge in [-0.15, -0.1) is 0 Å². The summed E-state index contributed by atoms with van der Waals surface area (Å²) in [6.45, 7) is 11.1. The molecule has 0 radical (unpaired) electrons. The third-order valence-corrected chi connectivity index (χ3v) is 6.11. The van der Waals surface area contributed by atoms with Gasteiger partial charge in [0, 0.05) is 19.6 Å². The molecule has 1 saturated heterocycles. The van der Waals surface area contributed by atoms with Crippen LogP contribution in [0.15, 0.2) is 0 Å². The zero-order chi connectivity index (χ0) is 15.4. The van der Waals surface area contributed by atoms with Gasteiger partial charge in [-0.1, -0.05) is 27.7 Å². The highest BCUT2D eigenvalue weighted by Gasteiger charge is 2.31. The molecule has 120 valence electrons. The number of nitrogens with zero attached hydrogens (tertiary/aromatic N) is 1. The second kappa shape index (κ2) is 7.20. The summed E-state index contributed by atoms with van der Waals surface area (Å²) in [5, 5.41) is 3.14. The van der Waals surface area contributed by atoms with Gasteiger partial charge in [-0.2, -0.15) is 12.7 Å². The average molecular weight is 305 g/mol. The summed E-state index contributed by atoms with van der Waals surface area (Å²) in [7, 11) is -1.43. The predicted octanol–water partition coefficient (Wildman–Crippen LogP) is 1.43. The number of hydrogen-bond acceptors (Lipinski definition) is 3. The molecular formula is C14H31N3O2S. The molecule has 0 amide bonds. The Bertz CT molecular complexity index is 391. The Hall–Kier alpha value is -0.170. The molecule has 5 nitrogen and oxygen atoms in total. The van der Waals surface area contributed by atoms with Crippen molar-refractivity contribution in [1.82, 2.24) is 14.3 Å². The first-order valence-corrected chi connectivity index (χ1v) is 9.02. The van der Waals surface area contributed by atoms with Crippen LogP contribution in [0.2, 0.25) is 0 Å². The fourth-order valence-corrected chi connectivity index (χ4v) is 3.79. The number of piperidine rings is 1. The third-order valence-electron chi connectivity index (χ3n) is 4.59. The lowest BCUT2D eigenvalue weighted by Gasteiger charge is -2.34. The van der Waals surface area contributed by atoms with Crippen molar-refractivity contribution in [3.63, 3.8) is 0 Å². The van der Waals surface area contributed by atoms with Crippen LogP contribution >= 0.6 is 0 Å². The molecule has 0 aliphatic carbocycles. The van der Waals surface area contributed by atoms with Gasteiger partial charge in [-0.05, 0) is 43.7 Å². The van der Waals surface area contributed by atoms with Gasteiger partial charge in [0.2, 0.25) is 0 Å². The molecule has 1 heterocycles. The van der Waals surface area contributed by atoms with E-state index in [1.807, 2.05) is 7.05 Å². The summed E-state index contributed by atoms with van der Waals surface area (Å²) in [5.74, 6) is 0.854. The van der Waals surface area contributed by atoms with Crippen molar-refractivity contribution in [2.75, 3.05) is 33.2 Å². The van der Waals surface area contributed by atoms with Crippen LogP contribution in [0.4, 0.5) is 0 Å². The Morgan fingerprint density at radius 2 is 2.00 bits per heavy atom. The van der Waals surface area contributed by atoms with Gasteiger partial charge in [0.15, 0.2) is 0 Å². The lowest BCUT2D eigenvalue weighted by atomic mass is 9.81. The maximum atomic E-state index is 12.4. The summed E-state index contributed by atoms with van der Waals surface area (Å²) in [6, 6.07) is 0. The molecule has 1 fully saturated rings. The van der Waals surface area contributed by atoms with Crippen LogP contribution < -0.4 is 10.0 Å². The summed E-state index contributed by atoms with van der Waals surface area (Å²) < 4.78 is 29.2. The van der Waals surface area contributed by atoms with Crippen LogP contribution in [0, 0.1) is 17.3 Å². The van der Waals surface area contributed by atoms with Gasteiger partial charge in [-0.3, -0.25) is 0 Å². The van der Waals surface area contributed by atoms with Crippen LogP contribution in [-0.4, -0.2) is 45.9 Å². The Morgan fingerprint density at radius 1 is 1.35 bits per heavy atom. The summed E-state index contributed by atoms with van der Waals surface area (Å²) in [4.78, 5) is 0. The largest absolute Gasteiger partial charge is 0.319 e. The third kappa shape index (κ3) is 4.98. The Morgan fingerprint density at radius 3 is 2.55 bits per heavy atom. The van der Waals surface area contributed by atoms with Crippen LogP contribution in [0.1, 0.15) is 40.5 Å². The zero-order valence-corrected chi connectivity index (χ0v) is 14.4. The molecule has 0 saturated carbocycles. The minimum Gasteiger partial charge on any atom is -0.319 e. The molecule has 6 heteroatoms. The molecule has 20 heavy (non-hydrogen) atoms. The fourth-order valence-electron chi connectivity index (χ4n) is 2.27. The fraction of sp³-hybridized carbons (Fsp3) is 1.00. The van der Waals surface area contributed by atoms with Crippen molar-refractivity contribution in [1.29, 1.82) is 0 Å². The number of nitrogens with one attached hydrogen (secondary N) is 2. The monoisotopic (exact) mass is 305 g/mol. The highest BCUT2D eigenvalue weighted by molar-refractivity contribution is 7.87. The zero-order valence-electron chi connectivity index (χ0n) is 13.6. The maximum Gasteiger partial charge on any atom is 0.279 e. The lowest BCUT2D eigenvalue weighted by molar-refractivity contribution is 0.238. The second-order valence-electron chi connectivity index (χ2n) is 6.89. The van der Waals surface area contributed by atoms with E-state index in [0.29, 0.717) is 31.5 Å². The number of rotatable bonds is 7. The van der Waals surface area contributed by atoms with Gasteiger partial charge in [-0.25, -0.2) is 4.72 Å². The van der Waals surface area contributed by atoms with E-state index >= 15 is 0 Å². The first kappa shape index (κ1) is 17.9. The van der Waals surface area contributed by atoms with E-state index in [-0.39, 0.29) is 5.41 Å².